The zero-order valence-corrected chi connectivity index (χ0v) is 16.8. The molecule has 1 saturated heterocycles. The molecule has 1 heterocycles. The summed E-state index contributed by atoms with van der Waals surface area (Å²) in [5.74, 6) is 0. The van der Waals surface area contributed by atoms with Crippen molar-refractivity contribution >= 4 is 52.1 Å². The molecule has 1 fully saturated rings. The lowest BCUT2D eigenvalue weighted by Gasteiger charge is -2.38. The van der Waals surface area contributed by atoms with Gasteiger partial charge in [-0.3, -0.25) is 0 Å². The van der Waals surface area contributed by atoms with Gasteiger partial charge in [0.2, 0.25) is 0 Å². The van der Waals surface area contributed by atoms with Crippen LogP contribution in [0.2, 0.25) is 5.02 Å². The van der Waals surface area contributed by atoms with E-state index in [0.29, 0.717) is 5.02 Å². The average molecular weight is 392 g/mol. The normalized spacial score (nSPS) is 14.5. The third kappa shape index (κ3) is 4.40. The van der Waals surface area contributed by atoms with E-state index < -0.39 is 0 Å². The van der Waals surface area contributed by atoms with Gasteiger partial charge in [0.05, 0.1) is 16.4 Å². The lowest BCUT2D eigenvalue weighted by molar-refractivity contribution is 0.390. The number of hydrogen-bond donors (Lipinski definition) is 1. The average Bonchev–Trinajstić information content (AvgIpc) is 2.64. The summed E-state index contributed by atoms with van der Waals surface area (Å²) >= 11 is 13.7. The van der Waals surface area contributed by atoms with Crippen LogP contribution in [-0.2, 0) is 0 Å². The van der Waals surface area contributed by atoms with Gasteiger partial charge in [-0.25, -0.2) is 0 Å². The second-order valence-electron chi connectivity index (χ2n) is 6.06. The van der Waals surface area contributed by atoms with Gasteiger partial charge in [-0.05, 0) is 55.2 Å². The minimum absolute atomic E-state index is 0.704. The van der Waals surface area contributed by atoms with Gasteiger partial charge in [-0.15, -0.1) is 11.8 Å². The van der Waals surface area contributed by atoms with Gasteiger partial charge < -0.3 is 15.1 Å². The summed E-state index contributed by atoms with van der Waals surface area (Å²) in [6.07, 6.45) is 2.12. The molecule has 0 radical (unpaired) electrons. The summed E-state index contributed by atoms with van der Waals surface area (Å²) < 4.78 is 0. The van der Waals surface area contributed by atoms with Crippen LogP contribution in [0.5, 0.6) is 0 Å². The predicted octanol–water partition coefficient (Wildman–Crippen LogP) is 4.89. The highest BCUT2D eigenvalue weighted by Gasteiger charge is 2.21. The van der Waals surface area contributed by atoms with Crippen LogP contribution in [0.4, 0.5) is 11.4 Å². The molecule has 25 heavy (non-hydrogen) atoms. The molecule has 1 aliphatic rings. The van der Waals surface area contributed by atoms with Crippen LogP contribution in [-0.4, -0.2) is 42.4 Å². The molecule has 0 amide bonds. The molecule has 1 N–H and O–H groups in total. The van der Waals surface area contributed by atoms with Crippen LogP contribution in [0.1, 0.15) is 5.56 Å². The van der Waals surface area contributed by atoms with Gasteiger partial charge >= 0.3 is 0 Å². The smallest absolute Gasteiger partial charge is 0.173 e. The molecule has 0 aliphatic carbocycles. The van der Waals surface area contributed by atoms with Gasteiger partial charge in [-0.2, -0.15) is 0 Å². The number of thiocarbonyl (C=S) groups is 1. The molecular formula is C19H22ClN3S2. The van der Waals surface area contributed by atoms with Crippen LogP contribution in [0.15, 0.2) is 47.4 Å². The van der Waals surface area contributed by atoms with E-state index in [4.69, 9.17) is 23.8 Å². The summed E-state index contributed by atoms with van der Waals surface area (Å²) in [7, 11) is 0. The first-order valence-electron chi connectivity index (χ1n) is 8.28. The Kier molecular flexibility index (Phi) is 6.10. The first-order valence-corrected chi connectivity index (χ1v) is 10.3. The summed E-state index contributed by atoms with van der Waals surface area (Å²) in [5, 5.41) is 4.73. The zero-order chi connectivity index (χ0) is 17.8. The fourth-order valence-electron chi connectivity index (χ4n) is 2.96. The number of para-hydroxylation sites is 1. The Morgan fingerprint density at radius 3 is 2.52 bits per heavy atom. The van der Waals surface area contributed by atoms with Crippen LogP contribution in [0.25, 0.3) is 0 Å². The summed E-state index contributed by atoms with van der Waals surface area (Å²) in [6, 6.07) is 14.5. The minimum atomic E-state index is 0.704. The number of piperazine rings is 1. The van der Waals surface area contributed by atoms with Gasteiger partial charge in [0.25, 0.3) is 0 Å². The highest BCUT2D eigenvalue weighted by molar-refractivity contribution is 7.98. The monoisotopic (exact) mass is 391 g/mol. The summed E-state index contributed by atoms with van der Waals surface area (Å²) in [5.41, 5.74) is 3.32. The molecule has 6 heteroatoms. The van der Waals surface area contributed by atoms with Crippen molar-refractivity contribution < 1.29 is 0 Å². The molecule has 0 saturated carbocycles. The van der Waals surface area contributed by atoms with Crippen molar-refractivity contribution in [1.82, 2.24) is 4.90 Å². The van der Waals surface area contributed by atoms with E-state index in [1.165, 1.54) is 10.6 Å². The van der Waals surface area contributed by atoms with E-state index in [9.17, 15) is 0 Å². The molecule has 132 valence electrons. The lowest BCUT2D eigenvalue weighted by Crippen LogP contribution is -2.50. The molecule has 0 bridgehead atoms. The van der Waals surface area contributed by atoms with Crippen LogP contribution < -0.4 is 10.2 Å². The van der Waals surface area contributed by atoms with E-state index in [0.717, 1.165) is 42.5 Å². The third-order valence-corrected chi connectivity index (χ3v) is 5.82. The molecule has 0 unspecified atom stereocenters. The molecule has 0 atom stereocenters. The number of rotatable bonds is 3. The first kappa shape index (κ1) is 18.4. The molecule has 3 rings (SSSR count). The number of nitrogens with zero attached hydrogens (tertiary/aromatic N) is 2. The molecule has 2 aromatic rings. The Bertz CT molecular complexity index is 758. The van der Waals surface area contributed by atoms with Crippen molar-refractivity contribution in [3.63, 3.8) is 0 Å². The van der Waals surface area contributed by atoms with Crippen molar-refractivity contribution in [3.8, 4) is 0 Å². The van der Waals surface area contributed by atoms with Crippen LogP contribution >= 0.6 is 35.6 Å². The largest absolute Gasteiger partial charge is 0.367 e. The van der Waals surface area contributed by atoms with Crippen molar-refractivity contribution in [1.29, 1.82) is 0 Å². The summed E-state index contributed by atoms with van der Waals surface area (Å²) in [4.78, 5) is 5.97. The maximum Gasteiger partial charge on any atom is 0.173 e. The Morgan fingerprint density at radius 2 is 1.84 bits per heavy atom. The topological polar surface area (TPSA) is 18.5 Å². The number of aryl methyl sites for hydroxylation is 1. The van der Waals surface area contributed by atoms with Crippen molar-refractivity contribution in [2.75, 3.05) is 42.7 Å². The standard InChI is InChI=1S/C19H22ClN3S2/c1-14-7-8-16(15(20)13-14)21-19(24)23-11-9-22(10-12-23)17-5-3-4-6-18(17)25-2/h3-8,13H,9-12H2,1-2H3,(H,21,24). The van der Waals surface area contributed by atoms with Gasteiger partial charge in [-0.1, -0.05) is 29.8 Å². The summed E-state index contributed by atoms with van der Waals surface area (Å²) in [6.45, 7) is 5.75. The Labute approximate surface area is 164 Å². The van der Waals surface area contributed by atoms with Crippen molar-refractivity contribution in [2.24, 2.45) is 0 Å². The number of nitrogens with one attached hydrogen (secondary N) is 1. The van der Waals surface area contributed by atoms with E-state index in [1.807, 2.05) is 25.1 Å². The molecule has 0 spiro atoms. The molecule has 2 aromatic carbocycles. The number of halogens is 1. The van der Waals surface area contributed by atoms with Gasteiger partial charge in [0, 0.05) is 31.1 Å². The Morgan fingerprint density at radius 1 is 1.12 bits per heavy atom. The first-order chi connectivity index (χ1) is 12.1. The SMILES string of the molecule is CSc1ccccc1N1CCN(C(=S)Nc2ccc(C)cc2Cl)CC1. The van der Waals surface area contributed by atoms with Crippen LogP contribution in [0, 0.1) is 6.92 Å². The minimum Gasteiger partial charge on any atom is -0.367 e. The Hall–Kier alpha value is -1.43. The zero-order valence-electron chi connectivity index (χ0n) is 14.5. The van der Waals surface area contributed by atoms with E-state index >= 15 is 0 Å². The van der Waals surface area contributed by atoms with Gasteiger partial charge in [0.15, 0.2) is 5.11 Å². The second-order valence-corrected chi connectivity index (χ2v) is 7.70. The highest BCUT2D eigenvalue weighted by atomic mass is 35.5. The van der Waals surface area contributed by atoms with E-state index in [1.54, 1.807) is 11.8 Å². The van der Waals surface area contributed by atoms with E-state index in [-0.39, 0.29) is 0 Å². The van der Waals surface area contributed by atoms with Crippen LogP contribution in [0.3, 0.4) is 0 Å². The third-order valence-electron chi connectivity index (χ3n) is 4.36. The number of benzene rings is 2. The quantitative estimate of drug-likeness (QED) is 0.591. The molecular weight excluding hydrogens is 370 g/mol. The predicted molar refractivity (Wildman–Crippen MR) is 114 cm³/mol. The number of hydrogen-bond acceptors (Lipinski definition) is 3. The fraction of sp³-hybridized carbons (Fsp3) is 0.316. The van der Waals surface area contributed by atoms with Gasteiger partial charge in [0.1, 0.15) is 0 Å². The van der Waals surface area contributed by atoms with Crippen molar-refractivity contribution in [2.45, 2.75) is 11.8 Å². The highest BCUT2D eigenvalue weighted by Crippen LogP contribution is 2.29. The Balaban J connectivity index is 1.61. The van der Waals surface area contributed by atoms with E-state index in [2.05, 4.69) is 45.6 Å². The van der Waals surface area contributed by atoms with Crippen molar-refractivity contribution in [3.05, 3.63) is 53.1 Å². The number of thioether (sulfide) groups is 1. The molecule has 1 aliphatic heterocycles. The molecule has 0 aromatic heterocycles. The maximum atomic E-state index is 6.30. The lowest BCUT2D eigenvalue weighted by atomic mass is 10.2. The maximum absolute atomic E-state index is 6.30. The fourth-order valence-corrected chi connectivity index (χ4v) is 4.15. The molecule has 3 nitrogen and oxygen atoms in total. The number of anilines is 2. The second kappa shape index (κ2) is 8.30.